The summed E-state index contributed by atoms with van der Waals surface area (Å²) in [6.07, 6.45) is 5.60. The lowest BCUT2D eigenvalue weighted by atomic mass is 9.81. The molecule has 0 bridgehead atoms. The zero-order valence-corrected chi connectivity index (χ0v) is 41.3. The molecule has 5 unspecified atom stereocenters. The second-order valence-corrected chi connectivity index (χ2v) is 20.5. The number of fused-ring (bicyclic) bond motifs is 9. The average molecular weight is 903 g/mol. The van der Waals surface area contributed by atoms with Crippen molar-refractivity contribution in [1.82, 2.24) is 19.9 Å². The third-order valence-electron chi connectivity index (χ3n) is 16.5. The molecule has 5 atom stereocenters. The average Bonchev–Trinajstić information content (AvgIpc) is 3.55. The highest BCUT2D eigenvalue weighted by atomic mass is 15.5. The molecule has 4 aliphatic rings. The van der Waals surface area contributed by atoms with Gasteiger partial charge < -0.3 is 19.6 Å². The van der Waals surface area contributed by atoms with Crippen LogP contribution < -0.4 is 19.6 Å². The lowest BCUT2D eigenvalue weighted by Crippen LogP contribution is -2.53. The van der Waals surface area contributed by atoms with Crippen LogP contribution in [-0.4, -0.2) is 32.3 Å². The normalized spacial score (nSPS) is 22.8. The van der Waals surface area contributed by atoms with Crippen LogP contribution in [0, 0.1) is 66.2 Å². The van der Waals surface area contributed by atoms with Crippen LogP contribution in [0.15, 0.2) is 152 Å². The van der Waals surface area contributed by atoms with E-state index >= 15 is 0 Å². The Labute approximate surface area is 406 Å². The summed E-state index contributed by atoms with van der Waals surface area (Å²) >= 11 is 0. The molecule has 8 aromatic rings. The van der Waals surface area contributed by atoms with Gasteiger partial charge in [0.25, 0.3) is 0 Å². The van der Waals surface area contributed by atoms with Gasteiger partial charge in [0.1, 0.15) is 12.3 Å². The topological polar surface area (TPSA) is 64.5 Å². The third-order valence-corrected chi connectivity index (χ3v) is 16.5. The van der Waals surface area contributed by atoms with E-state index in [1.807, 2.05) is 12.4 Å². The third kappa shape index (κ3) is 5.63. The second kappa shape index (κ2) is 15.0. The molecule has 6 aromatic carbocycles. The van der Waals surface area contributed by atoms with Gasteiger partial charge in [-0.1, -0.05) is 105 Å². The number of aromatic nitrogens is 4. The Morgan fingerprint density at radius 2 is 0.899 bits per heavy atom. The minimum atomic E-state index is -0.696. The van der Waals surface area contributed by atoms with Gasteiger partial charge in [-0.25, -0.2) is 19.9 Å². The summed E-state index contributed by atoms with van der Waals surface area (Å²) in [5, 5.41) is 0. The van der Waals surface area contributed by atoms with Gasteiger partial charge in [0.15, 0.2) is 23.3 Å². The summed E-state index contributed by atoms with van der Waals surface area (Å²) < 4.78 is 0. The summed E-state index contributed by atoms with van der Waals surface area (Å²) in [7, 11) is 0. The molecule has 1 aliphatic carbocycles. The summed E-state index contributed by atoms with van der Waals surface area (Å²) in [5.41, 5.74) is 17.2. The fourth-order valence-electron chi connectivity index (χ4n) is 13.6. The Morgan fingerprint density at radius 3 is 1.39 bits per heavy atom. The summed E-state index contributed by atoms with van der Waals surface area (Å²) in [5.74, 6) is 3.32. The highest BCUT2D eigenvalue weighted by molar-refractivity contribution is 5.93. The molecule has 1 fully saturated rings. The first-order valence-electron chi connectivity index (χ1n) is 24.2. The van der Waals surface area contributed by atoms with Crippen molar-refractivity contribution in [2.45, 2.75) is 87.0 Å². The number of anilines is 8. The molecule has 0 saturated heterocycles. The molecule has 0 N–H and O–H groups in total. The van der Waals surface area contributed by atoms with Gasteiger partial charge >= 0.3 is 0 Å². The zero-order valence-electron chi connectivity index (χ0n) is 41.3. The van der Waals surface area contributed by atoms with Crippen LogP contribution in [0.5, 0.6) is 0 Å². The molecule has 0 spiro atoms. The molecular weight excluding hydrogens is 845 g/mol. The fraction of sp³-hybridized carbons (Fsp3) is 0.246. The molecule has 2 aromatic heterocycles. The molecule has 342 valence electrons. The molecule has 0 radical (unpaired) electrons. The maximum Gasteiger partial charge on any atom is 0.179 e. The van der Waals surface area contributed by atoms with Crippen LogP contribution >= 0.6 is 0 Å². The Hall–Kier alpha value is -7.58. The molecular formula is C61H58N8. The molecule has 12 rings (SSSR count). The smallest absolute Gasteiger partial charge is 0.179 e. The van der Waals surface area contributed by atoms with Crippen molar-refractivity contribution in [1.29, 1.82) is 0 Å². The van der Waals surface area contributed by atoms with Crippen LogP contribution in [0.2, 0.25) is 0 Å². The lowest BCUT2D eigenvalue weighted by Gasteiger charge is -2.44. The van der Waals surface area contributed by atoms with Crippen LogP contribution in [0.25, 0.3) is 22.5 Å². The monoisotopic (exact) mass is 902 g/mol. The fourth-order valence-corrected chi connectivity index (χ4v) is 13.6. The van der Waals surface area contributed by atoms with Crippen molar-refractivity contribution in [3.05, 3.63) is 203 Å². The molecule has 1 saturated carbocycles. The quantitative estimate of drug-likeness (QED) is 0.147. The van der Waals surface area contributed by atoms with E-state index in [4.69, 9.17) is 26.5 Å². The first kappa shape index (κ1) is 42.8. The Bertz CT molecular complexity index is 3370. The van der Waals surface area contributed by atoms with Gasteiger partial charge in [0, 0.05) is 50.1 Å². The summed E-state index contributed by atoms with van der Waals surface area (Å²) in [6, 6.07) is 46.5. The van der Waals surface area contributed by atoms with Crippen molar-refractivity contribution in [2.75, 3.05) is 19.6 Å². The Kier molecular flexibility index (Phi) is 9.27. The molecule has 69 heavy (non-hydrogen) atoms. The Balaban J connectivity index is 1.17. The van der Waals surface area contributed by atoms with Crippen LogP contribution in [0.3, 0.4) is 0 Å². The minimum Gasteiger partial charge on any atom is -0.301 e. The van der Waals surface area contributed by atoms with Gasteiger partial charge in [0.2, 0.25) is 0 Å². The largest absolute Gasteiger partial charge is 0.301 e. The Morgan fingerprint density at radius 1 is 0.464 bits per heavy atom. The van der Waals surface area contributed by atoms with Gasteiger partial charge in [-0.05, 0) is 148 Å². The van der Waals surface area contributed by atoms with E-state index in [-0.39, 0.29) is 12.3 Å². The van der Waals surface area contributed by atoms with E-state index in [1.165, 1.54) is 50.1 Å². The minimum absolute atomic E-state index is 0.284. The van der Waals surface area contributed by atoms with Gasteiger partial charge in [-0.15, -0.1) is 6.58 Å². The zero-order chi connectivity index (χ0) is 47.9. The number of benzene rings is 6. The lowest BCUT2D eigenvalue weighted by molar-refractivity contribution is 0.314. The van der Waals surface area contributed by atoms with E-state index in [0.29, 0.717) is 0 Å². The molecule has 0 amide bonds. The van der Waals surface area contributed by atoms with Crippen molar-refractivity contribution < 1.29 is 0 Å². The molecule has 8 heteroatoms. The predicted octanol–water partition coefficient (Wildman–Crippen LogP) is 14.5. The van der Waals surface area contributed by atoms with Crippen LogP contribution in [0.1, 0.15) is 63.9 Å². The molecule has 3 aliphatic heterocycles. The van der Waals surface area contributed by atoms with Crippen molar-refractivity contribution in [2.24, 2.45) is 10.8 Å². The van der Waals surface area contributed by atoms with Crippen molar-refractivity contribution >= 4 is 46.0 Å². The number of aryl methyl sites for hydroxylation is 8. The number of rotatable bonds is 7. The second-order valence-electron chi connectivity index (χ2n) is 20.5. The number of hydrogen-bond donors (Lipinski definition) is 0. The van der Waals surface area contributed by atoms with Crippen LogP contribution in [0.4, 0.5) is 46.0 Å². The van der Waals surface area contributed by atoms with Crippen LogP contribution in [-0.2, 0) is 5.41 Å². The summed E-state index contributed by atoms with van der Waals surface area (Å²) in [6.45, 7) is 27.4. The van der Waals surface area contributed by atoms with E-state index in [9.17, 15) is 0 Å². The standard InChI is InChI=1S/C61H58N8/c1-12-61(58-66(44-24-14-13-15-25-44)55-53(68(58)46-32-38(4)29-39(5)33-46)62-34-48(64-55)51-40(6)20-18-21-41(51)7)59(10)47-26-16-17-27-50(47)69-56-54(63-35-49(65-56)52-42(8)22-19-23-43(52)9)67(57(69)60(59,61)11)45-30-36(2)28-37(3)31-45/h12-35,57-58H,1H2,2-11H3. The van der Waals surface area contributed by atoms with Gasteiger partial charge in [-0.2, -0.15) is 0 Å². The van der Waals surface area contributed by atoms with E-state index in [0.717, 1.165) is 68.5 Å². The van der Waals surface area contributed by atoms with Crippen molar-refractivity contribution in [3.8, 4) is 22.5 Å². The summed E-state index contributed by atoms with van der Waals surface area (Å²) in [4.78, 5) is 32.5. The number of hydrogen-bond acceptors (Lipinski definition) is 8. The highest BCUT2D eigenvalue weighted by Gasteiger charge is 2.91. The first-order chi connectivity index (χ1) is 33.2. The highest BCUT2D eigenvalue weighted by Crippen LogP contribution is 2.88. The van der Waals surface area contributed by atoms with E-state index in [2.05, 4.69) is 222 Å². The van der Waals surface area contributed by atoms with Gasteiger partial charge in [-0.3, -0.25) is 0 Å². The maximum absolute atomic E-state index is 5.74. The van der Waals surface area contributed by atoms with Crippen molar-refractivity contribution in [3.63, 3.8) is 0 Å². The maximum atomic E-state index is 5.74. The van der Waals surface area contributed by atoms with Gasteiger partial charge in [0.05, 0.1) is 23.8 Å². The van der Waals surface area contributed by atoms with E-state index < -0.39 is 16.2 Å². The van der Waals surface area contributed by atoms with E-state index in [1.54, 1.807) is 0 Å². The number of para-hydroxylation sites is 2. The first-order valence-corrected chi connectivity index (χ1v) is 24.2. The predicted molar refractivity (Wildman–Crippen MR) is 283 cm³/mol. The molecule has 5 heterocycles. The number of nitrogens with zero attached hydrogens (tertiary/aromatic N) is 8. The SMILES string of the molecule is C=CC1(C2N(c3cc(C)cc(C)c3)c3ncc(-c4c(C)cccc4C)nc3N2c2ccccc2)C2(C)c3ccccc3N3c4nc(-c5c(C)cccc5C)cnc4N(c4cc(C)cc(C)c4)C3C21C. The molecule has 8 nitrogen and oxygen atoms in total.